The first-order valence-electron chi connectivity index (χ1n) is 7.11. The van der Waals surface area contributed by atoms with Crippen LogP contribution in [0, 0.1) is 6.92 Å². The minimum absolute atomic E-state index is 0.119. The molecule has 0 aliphatic carbocycles. The van der Waals surface area contributed by atoms with Crippen LogP contribution in [0.15, 0.2) is 24.3 Å². The van der Waals surface area contributed by atoms with Crippen molar-refractivity contribution >= 4 is 5.91 Å². The number of amides is 1. The summed E-state index contributed by atoms with van der Waals surface area (Å²) in [5.74, 6) is 0.420. The molecule has 0 spiro atoms. The molecule has 0 aliphatic rings. The molecule has 106 valence electrons. The topological polar surface area (TPSA) is 55.1 Å². The van der Waals surface area contributed by atoms with Gasteiger partial charge in [0.2, 0.25) is 5.91 Å². The molecule has 0 saturated heterocycles. The first-order valence-corrected chi connectivity index (χ1v) is 7.11. The molecular formula is C16H26N2O. The van der Waals surface area contributed by atoms with Gasteiger partial charge in [-0.1, -0.05) is 36.8 Å². The van der Waals surface area contributed by atoms with E-state index in [1.165, 1.54) is 11.1 Å². The van der Waals surface area contributed by atoms with Crippen molar-refractivity contribution in [2.24, 2.45) is 5.73 Å². The minimum atomic E-state index is 0.119. The van der Waals surface area contributed by atoms with Crippen LogP contribution in [-0.2, 0) is 4.79 Å². The van der Waals surface area contributed by atoms with E-state index < -0.39 is 0 Å². The number of benzene rings is 1. The van der Waals surface area contributed by atoms with Crippen LogP contribution in [0.25, 0.3) is 0 Å². The molecule has 1 aromatic rings. The first-order chi connectivity index (χ1) is 9.02. The zero-order valence-electron chi connectivity index (χ0n) is 12.3. The number of carbonyl (C=O) groups excluding carboxylic acids is 1. The molecule has 0 saturated carbocycles. The lowest BCUT2D eigenvalue weighted by Gasteiger charge is -2.15. The average molecular weight is 262 g/mol. The molecule has 0 fully saturated rings. The molecule has 0 bridgehead atoms. The van der Waals surface area contributed by atoms with Crippen LogP contribution in [-0.4, -0.2) is 18.5 Å². The average Bonchev–Trinajstić information content (AvgIpc) is 2.36. The molecule has 3 nitrogen and oxygen atoms in total. The van der Waals surface area contributed by atoms with Crippen LogP contribution >= 0.6 is 0 Å². The van der Waals surface area contributed by atoms with E-state index in [9.17, 15) is 4.79 Å². The summed E-state index contributed by atoms with van der Waals surface area (Å²) in [5.41, 5.74) is 8.16. The summed E-state index contributed by atoms with van der Waals surface area (Å²) in [7, 11) is 0. The number of nitrogens with one attached hydrogen (secondary N) is 1. The number of hydrogen-bond acceptors (Lipinski definition) is 2. The normalized spacial score (nSPS) is 13.9. The van der Waals surface area contributed by atoms with Crippen LogP contribution < -0.4 is 11.1 Å². The fourth-order valence-electron chi connectivity index (χ4n) is 2.07. The summed E-state index contributed by atoms with van der Waals surface area (Å²) in [6, 6.07) is 8.59. The molecule has 1 aromatic carbocycles. The lowest BCUT2D eigenvalue weighted by atomic mass is 9.92. The van der Waals surface area contributed by atoms with Crippen LogP contribution in [0.5, 0.6) is 0 Å². The van der Waals surface area contributed by atoms with Crippen LogP contribution in [0.2, 0.25) is 0 Å². The lowest BCUT2D eigenvalue weighted by Crippen LogP contribution is -2.29. The fraction of sp³-hybridized carbons (Fsp3) is 0.562. The SMILES string of the molecule is CCC(CC(=O)NCCC(C)N)c1ccc(C)cc1. The first kappa shape index (κ1) is 15.7. The van der Waals surface area contributed by atoms with Gasteiger partial charge < -0.3 is 11.1 Å². The lowest BCUT2D eigenvalue weighted by molar-refractivity contribution is -0.121. The number of aryl methyl sites for hydroxylation is 1. The van der Waals surface area contributed by atoms with Crippen molar-refractivity contribution in [2.75, 3.05) is 6.54 Å². The highest BCUT2D eigenvalue weighted by Gasteiger charge is 2.13. The van der Waals surface area contributed by atoms with Crippen LogP contribution in [0.4, 0.5) is 0 Å². The highest BCUT2D eigenvalue weighted by molar-refractivity contribution is 5.76. The van der Waals surface area contributed by atoms with Crippen molar-refractivity contribution in [1.82, 2.24) is 5.32 Å². The Morgan fingerprint density at radius 1 is 1.32 bits per heavy atom. The fourth-order valence-corrected chi connectivity index (χ4v) is 2.07. The van der Waals surface area contributed by atoms with Gasteiger partial charge in [0.25, 0.3) is 0 Å². The number of nitrogens with two attached hydrogens (primary N) is 1. The standard InChI is InChI=1S/C16H26N2O/c1-4-14(15-7-5-12(2)6-8-15)11-16(19)18-10-9-13(3)17/h5-8,13-14H,4,9-11,17H2,1-3H3,(H,18,19). The molecular weight excluding hydrogens is 236 g/mol. The van der Waals surface area contributed by atoms with E-state index in [2.05, 4.69) is 43.4 Å². The molecule has 19 heavy (non-hydrogen) atoms. The van der Waals surface area contributed by atoms with Gasteiger partial charge in [-0.3, -0.25) is 4.79 Å². The summed E-state index contributed by atoms with van der Waals surface area (Å²) >= 11 is 0. The Morgan fingerprint density at radius 2 is 1.95 bits per heavy atom. The monoisotopic (exact) mass is 262 g/mol. The maximum atomic E-state index is 11.9. The van der Waals surface area contributed by atoms with Gasteiger partial charge in [0.15, 0.2) is 0 Å². The Balaban J connectivity index is 2.47. The molecule has 0 heterocycles. The third kappa shape index (κ3) is 5.88. The van der Waals surface area contributed by atoms with E-state index >= 15 is 0 Å². The van der Waals surface area contributed by atoms with Gasteiger partial charge in [-0.05, 0) is 38.2 Å². The van der Waals surface area contributed by atoms with Gasteiger partial charge in [0.1, 0.15) is 0 Å². The third-order valence-corrected chi connectivity index (χ3v) is 3.40. The Kier molecular flexibility index (Phi) is 6.57. The molecule has 3 N–H and O–H groups in total. The molecule has 3 heteroatoms. The maximum absolute atomic E-state index is 11.9. The molecule has 1 rings (SSSR count). The summed E-state index contributed by atoms with van der Waals surface area (Å²) in [6.45, 7) is 6.82. The van der Waals surface area contributed by atoms with Gasteiger partial charge in [-0.2, -0.15) is 0 Å². The molecule has 0 aliphatic heterocycles. The number of carbonyl (C=O) groups is 1. The van der Waals surface area contributed by atoms with Crippen molar-refractivity contribution < 1.29 is 4.79 Å². The van der Waals surface area contributed by atoms with E-state index in [0.717, 1.165) is 12.8 Å². The second-order valence-electron chi connectivity index (χ2n) is 5.34. The molecule has 0 radical (unpaired) electrons. The molecule has 2 atom stereocenters. The zero-order chi connectivity index (χ0) is 14.3. The second-order valence-corrected chi connectivity index (χ2v) is 5.34. The quantitative estimate of drug-likeness (QED) is 0.794. The second kappa shape index (κ2) is 7.95. The van der Waals surface area contributed by atoms with E-state index in [1.807, 2.05) is 6.92 Å². The van der Waals surface area contributed by atoms with Crippen molar-refractivity contribution in [3.8, 4) is 0 Å². The van der Waals surface area contributed by atoms with Crippen molar-refractivity contribution in [2.45, 2.75) is 52.0 Å². The van der Waals surface area contributed by atoms with E-state index in [1.54, 1.807) is 0 Å². The summed E-state index contributed by atoms with van der Waals surface area (Å²) in [6.07, 6.45) is 2.36. The van der Waals surface area contributed by atoms with Crippen LogP contribution in [0.1, 0.15) is 50.2 Å². The molecule has 2 unspecified atom stereocenters. The maximum Gasteiger partial charge on any atom is 0.220 e. The Morgan fingerprint density at radius 3 is 2.47 bits per heavy atom. The Bertz CT molecular complexity index is 384. The third-order valence-electron chi connectivity index (χ3n) is 3.40. The van der Waals surface area contributed by atoms with Gasteiger partial charge in [-0.15, -0.1) is 0 Å². The summed E-state index contributed by atoms with van der Waals surface area (Å²) in [4.78, 5) is 11.9. The summed E-state index contributed by atoms with van der Waals surface area (Å²) in [5, 5.41) is 2.94. The zero-order valence-corrected chi connectivity index (χ0v) is 12.3. The van der Waals surface area contributed by atoms with Crippen LogP contribution in [0.3, 0.4) is 0 Å². The molecule has 1 amide bonds. The largest absolute Gasteiger partial charge is 0.356 e. The van der Waals surface area contributed by atoms with E-state index in [0.29, 0.717) is 18.9 Å². The van der Waals surface area contributed by atoms with Crippen molar-refractivity contribution in [1.29, 1.82) is 0 Å². The van der Waals surface area contributed by atoms with Gasteiger partial charge in [0.05, 0.1) is 0 Å². The minimum Gasteiger partial charge on any atom is -0.356 e. The van der Waals surface area contributed by atoms with E-state index in [-0.39, 0.29) is 11.9 Å². The predicted molar refractivity (Wildman–Crippen MR) is 80.1 cm³/mol. The highest BCUT2D eigenvalue weighted by Crippen LogP contribution is 2.23. The van der Waals surface area contributed by atoms with E-state index in [4.69, 9.17) is 5.73 Å². The smallest absolute Gasteiger partial charge is 0.220 e. The summed E-state index contributed by atoms with van der Waals surface area (Å²) < 4.78 is 0. The predicted octanol–water partition coefficient (Wildman–Crippen LogP) is 2.73. The van der Waals surface area contributed by atoms with Gasteiger partial charge in [0, 0.05) is 19.0 Å². The number of hydrogen-bond donors (Lipinski definition) is 2. The van der Waals surface area contributed by atoms with Gasteiger partial charge >= 0.3 is 0 Å². The van der Waals surface area contributed by atoms with Crippen molar-refractivity contribution in [3.05, 3.63) is 35.4 Å². The van der Waals surface area contributed by atoms with Crippen molar-refractivity contribution in [3.63, 3.8) is 0 Å². The Labute approximate surface area is 116 Å². The van der Waals surface area contributed by atoms with Gasteiger partial charge in [-0.25, -0.2) is 0 Å². The highest BCUT2D eigenvalue weighted by atomic mass is 16.1. The Hall–Kier alpha value is -1.35. The number of rotatable bonds is 7. The molecule has 0 aromatic heterocycles.